The molecule has 5 nitrogen and oxygen atoms in total. The molecule has 3 unspecified atom stereocenters. The summed E-state index contributed by atoms with van der Waals surface area (Å²) in [4.78, 5) is 13.5. The number of aliphatic hydroxyl groups excluding tert-OH is 1. The number of rotatable bonds is 5. The lowest BCUT2D eigenvalue weighted by atomic mass is 9.81. The fraction of sp³-hybridized carbons (Fsp3) is 0.947. The van der Waals surface area contributed by atoms with E-state index >= 15 is 0 Å². The van der Waals surface area contributed by atoms with Crippen LogP contribution in [0.5, 0.6) is 0 Å². The van der Waals surface area contributed by atoms with Crippen molar-refractivity contribution in [2.45, 2.75) is 102 Å². The maximum Gasteiger partial charge on any atom is 0.408 e. The van der Waals surface area contributed by atoms with Crippen LogP contribution in [0, 0.1) is 5.92 Å². The first-order valence-corrected chi connectivity index (χ1v) is 9.62. The number of aliphatic hydroxyl groups is 1. The van der Waals surface area contributed by atoms with Gasteiger partial charge < -0.3 is 14.9 Å². The zero-order chi connectivity index (χ0) is 17.7. The lowest BCUT2D eigenvalue weighted by molar-refractivity contribution is -0.103. The molecule has 2 rings (SSSR count). The minimum absolute atomic E-state index is 0.239. The van der Waals surface area contributed by atoms with Gasteiger partial charge in [0.1, 0.15) is 6.10 Å². The second-order valence-corrected chi connectivity index (χ2v) is 8.53. The Morgan fingerprint density at radius 3 is 2.25 bits per heavy atom. The molecule has 0 radical (unpaired) electrons. The van der Waals surface area contributed by atoms with Crippen molar-refractivity contribution in [2.24, 2.45) is 5.92 Å². The van der Waals surface area contributed by atoms with Crippen LogP contribution in [-0.4, -0.2) is 51.6 Å². The molecule has 1 saturated heterocycles. The molecule has 1 aliphatic heterocycles. The van der Waals surface area contributed by atoms with E-state index < -0.39 is 23.8 Å². The van der Waals surface area contributed by atoms with Gasteiger partial charge in [-0.15, -0.1) is 0 Å². The third-order valence-electron chi connectivity index (χ3n) is 5.55. The molecular weight excluding hydrogens is 306 g/mol. The third-order valence-corrected chi connectivity index (χ3v) is 5.55. The molecule has 1 heterocycles. The minimum atomic E-state index is -0.946. The van der Waals surface area contributed by atoms with Crippen molar-refractivity contribution in [3.63, 3.8) is 0 Å². The zero-order valence-electron chi connectivity index (χ0n) is 15.5. The third kappa shape index (κ3) is 5.09. The molecule has 2 N–H and O–H groups in total. The van der Waals surface area contributed by atoms with E-state index in [-0.39, 0.29) is 6.10 Å². The van der Waals surface area contributed by atoms with Gasteiger partial charge >= 0.3 is 6.09 Å². The molecule has 0 aromatic heterocycles. The van der Waals surface area contributed by atoms with Crippen molar-refractivity contribution < 1.29 is 19.7 Å². The molecule has 0 aromatic rings. The van der Waals surface area contributed by atoms with Gasteiger partial charge in [-0.2, -0.15) is 0 Å². The van der Waals surface area contributed by atoms with E-state index in [4.69, 9.17) is 4.74 Å². The molecule has 140 valence electrons. The fourth-order valence-corrected chi connectivity index (χ4v) is 4.37. The summed E-state index contributed by atoms with van der Waals surface area (Å²) >= 11 is 0. The van der Waals surface area contributed by atoms with E-state index in [1.165, 1.54) is 24.2 Å². The largest absolute Gasteiger partial charge is 0.465 e. The first-order valence-electron chi connectivity index (χ1n) is 9.62. The number of nitrogens with zero attached hydrogens (tertiary/aromatic N) is 1. The second-order valence-electron chi connectivity index (χ2n) is 8.53. The van der Waals surface area contributed by atoms with Crippen molar-refractivity contribution >= 4 is 6.09 Å². The van der Waals surface area contributed by atoms with Crippen LogP contribution in [0.3, 0.4) is 0 Å². The molecule has 0 spiro atoms. The van der Waals surface area contributed by atoms with E-state index in [9.17, 15) is 15.0 Å². The summed E-state index contributed by atoms with van der Waals surface area (Å²) in [7, 11) is 0. The summed E-state index contributed by atoms with van der Waals surface area (Å²) in [6.45, 7) is 6.39. The Kier molecular flexibility index (Phi) is 6.93. The van der Waals surface area contributed by atoms with Gasteiger partial charge in [0.15, 0.2) is 0 Å². The highest BCUT2D eigenvalue weighted by molar-refractivity contribution is 5.66. The Bertz CT molecular complexity index is 395. The lowest BCUT2D eigenvalue weighted by Crippen LogP contribution is -2.59. The topological polar surface area (TPSA) is 70.0 Å². The molecule has 2 aliphatic rings. The Morgan fingerprint density at radius 2 is 1.75 bits per heavy atom. The van der Waals surface area contributed by atoms with Crippen LogP contribution in [-0.2, 0) is 4.74 Å². The number of ether oxygens (including phenoxy) is 1. The van der Waals surface area contributed by atoms with Gasteiger partial charge in [-0.1, -0.05) is 32.1 Å². The SMILES string of the molecule is CC(C)(C)N(C(=O)O)C(CC1CCCCC1)C(O)C1CCCCO1. The maximum atomic E-state index is 12.0. The van der Waals surface area contributed by atoms with Crippen molar-refractivity contribution in [2.75, 3.05) is 6.61 Å². The van der Waals surface area contributed by atoms with Gasteiger partial charge in [0.25, 0.3) is 0 Å². The smallest absolute Gasteiger partial charge is 0.408 e. The minimum Gasteiger partial charge on any atom is -0.465 e. The molecular formula is C19H35NO4. The van der Waals surface area contributed by atoms with Crippen LogP contribution < -0.4 is 0 Å². The summed E-state index contributed by atoms with van der Waals surface area (Å²) in [5.74, 6) is 0.506. The second kappa shape index (κ2) is 8.52. The Balaban J connectivity index is 2.19. The van der Waals surface area contributed by atoms with E-state index in [1.807, 2.05) is 20.8 Å². The molecule has 1 aliphatic carbocycles. The van der Waals surface area contributed by atoms with Crippen molar-refractivity contribution in [3.05, 3.63) is 0 Å². The van der Waals surface area contributed by atoms with Crippen molar-refractivity contribution in [1.29, 1.82) is 0 Å². The van der Waals surface area contributed by atoms with Crippen molar-refractivity contribution in [1.82, 2.24) is 4.90 Å². The first kappa shape index (κ1) is 19.5. The molecule has 0 aromatic carbocycles. The molecule has 1 saturated carbocycles. The summed E-state index contributed by atoms with van der Waals surface area (Å²) in [5, 5.41) is 20.8. The monoisotopic (exact) mass is 341 g/mol. The van der Waals surface area contributed by atoms with Gasteiger partial charge in [0, 0.05) is 12.1 Å². The van der Waals surface area contributed by atoms with Crippen molar-refractivity contribution in [3.8, 4) is 0 Å². The fourth-order valence-electron chi connectivity index (χ4n) is 4.37. The van der Waals surface area contributed by atoms with E-state index in [0.717, 1.165) is 38.5 Å². The van der Waals surface area contributed by atoms with E-state index in [1.54, 1.807) is 0 Å². The standard InChI is InChI=1S/C19H35NO4/c1-19(2,3)20(18(22)23)15(13-14-9-5-4-6-10-14)17(21)16-11-7-8-12-24-16/h14-17,21H,4-13H2,1-3H3,(H,22,23). The highest BCUT2D eigenvalue weighted by Crippen LogP contribution is 2.34. The Hall–Kier alpha value is -0.810. The van der Waals surface area contributed by atoms with Crippen LogP contribution >= 0.6 is 0 Å². The Morgan fingerprint density at radius 1 is 1.12 bits per heavy atom. The maximum absolute atomic E-state index is 12.0. The predicted molar refractivity (Wildman–Crippen MR) is 94.2 cm³/mol. The summed E-state index contributed by atoms with van der Waals surface area (Å²) in [6, 6.07) is -0.395. The Labute approximate surface area is 146 Å². The average molecular weight is 341 g/mol. The molecule has 5 heteroatoms. The van der Waals surface area contributed by atoms with Crippen LogP contribution in [0.4, 0.5) is 4.79 Å². The quantitative estimate of drug-likeness (QED) is 0.792. The molecule has 3 atom stereocenters. The highest BCUT2D eigenvalue weighted by atomic mass is 16.5. The lowest BCUT2D eigenvalue weighted by Gasteiger charge is -2.45. The first-order chi connectivity index (χ1) is 11.3. The highest BCUT2D eigenvalue weighted by Gasteiger charge is 2.41. The molecule has 0 bridgehead atoms. The van der Waals surface area contributed by atoms with Gasteiger partial charge in [-0.05, 0) is 52.4 Å². The number of amides is 1. The van der Waals surface area contributed by atoms with E-state index in [0.29, 0.717) is 12.5 Å². The van der Waals surface area contributed by atoms with Crippen LogP contribution in [0.1, 0.15) is 78.6 Å². The van der Waals surface area contributed by atoms with Gasteiger partial charge in [-0.25, -0.2) is 4.79 Å². The number of hydrogen-bond donors (Lipinski definition) is 2. The normalized spacial score (nSPS) is 25.9. The van der Waals surface area contributed by atoms with Crippen LogP contribution in [0.25, 0.3) is 0 Å². The van der Waals surface area contributed by atoms with Crippen LogP contribution in [0.2, 0.25) is 0 Å². The van der Waals surface area contributed by atoms with Gasteiger partial charge in [-0.3, -0.25) is 4.90 Å². The van der Waals surface area contributed by atoms with Gasteiger partial charge in [0.05, 0.1) is 12.1 Å². The summed E-state index contributed by atoms with van der Waals surface area (Å²) in [5.41, 5.74) is -0.541. The predicted octanol–water partition coefficient (Wildman–Crippen LogP) is 4.03. The number of hydrogen-bond acceptors (Lipinski definition) is 3. The molecule has 2 fully saturated rings. The number of carbonyl (C=O) groups is 1. The number of carboxylic acid groups (broad SMARTS) is 1. The summed E-state index contributed by atoms with van der Waals surface area (Å²) < 4.78 is 5.78. The zero-order valence-corrected chi connectivity index (χ0v) is 15.5. The summed E-state index contributed by atoms with van der Waals surface area (Å²) in [6.07, 6.45) is 7.70. The molecule has 1 amide bonds. The van der Waals surface area contributed by atoms with E-state index in [2.05, 4.69) is 0 Å². The van der Waals surface area contributed by atoms with Crippen LogP contribution in [0.15, 0.2) is 0 Å². The average Bonchev–Trinajstić information content (AvgIpc) is 2.53. The van der Waals surface area contributed by atoms with Gasteiger partial charge in [0.2, 0.25) is 0 Å². The molecule has 24 heavy (non-hydrogen) atoms.